The van der Waals surface area contributed by atoms with Crippen molar-refractivity contribution in [3.05, 3.63) is 23.8 Å². The molecule has 1 aromatic carbocycles. The van der Waals surface area contributed by atoms with Crippen molar-refractivity contribution in [2.75, 3.05) is 26.1 Å². The van der Waals surface area contributed by atoms with Crippen LogP contribution >= 0.6 is 0 Å². The molecule has 0 aromatic heterocycles. The van der Waals surface area contributed by atoms with Gasteiger partial charge in [0.2, 0.25) is 5.91 Å². The van der Waals surface area contributed by atoms with E-state index in [2.05, 4.69) is 15.4 Å². The number of ether oxygens (including phenoxy) is 2. The molecule has 1 atom stereocenters. The second-order valence-electron chi connectivity index (χ2n) is 4.54. The monoisotopic (exact) mass is 278 g/mol. The number of fused-ring (bicyclic) bond motifs is 1. The average Bonchev–Trinajstić information content (AvgIpc) is 2.47. The Labute approximate surface area is 117 Å². The lowest BCUT2D eigenvalue weighted by molar-refractivity contribution is -0.143. The molecule has 1 unspecified atom stereocenters. The van der Waals surface area contributed by atoms with Crippen LogP contribution in [0.1, 0.15) is 12.0 Å². The summed E-state index contributed by atoms with van der Waals surface area (Å²) in [5, 5.41) is 5.64. The van der Waals surface area contributed by atoms with Crippen LogP contribution in [0.3, 0.4) is 0 Å². The van der Waals surface area contributed by atoms with Gasteiger partial charge in [-0.25, -0.2) is 0 Å². The van der Waals surface area contributed by atoms with Crippen molar-refractivity contribution < 1.29 is 19.1 Å². The van der Waals surface area contributed by atoms with Crippen molar-refractivity contribution in [3.8, 4) is 5.75 Å². The molecule has 1 aliphatic heterocycles. The van der Waals surface area contributed by atoms with E-state index >= 15 is 0 Å². The number of aryl methyl sites for hydroxylation is 1. The van der Waals surface area contributed by atoms with Gasteiger partial charge in [-0.05, 0) is 37.2 Å². The zero-order valence-corrected chi connectivity index (χ0v) is 11.6. The molecule has 2 rings (SSSR count). The number of amides is 1. The number of carbonyl (C=O) groups excluding carboxylic acids is 2. The van der Waals surface area contributed by atoms with Gasteiger partial charge in [0, 0.05) is 12.1 Å². The highest BCUT2D eigenvalue weighted by atomic mass is 16.5. The third-order valence-corrected chi connectivity index (χ3v) is 3.22. The minimum atomic E-state index is -0.504. The number of likely N-dealkylation sites (N-methyl/N-ethyl adjacent to an activating group) is 1. The third-order valence-electron chi connectivity index (χ3n) is 3.22. The summed E-state index contributed by atoms with van der Waals surface area (Å²) in [5.74, 6) is 0.342. The van der Waals surface area contributed by atoms with Gasteiger partial charge >= 0.3 is 5.97 Å². The number of carbonyl (C=O) groups is 2. The van der Waals surface area contributed by atoms with Crippen LogP contribution in [0.2, 0.25) is 0 Å². The molecule has 0 saturated heterocycles. The Morgan fingerprint density at radius 2 is 2.25 bits per heavy atom. The van der Waals surface area contributed by atoms with Gasteiger partial charge in [-0.1, -0.05) is 0 Å². The van der Waals surface area contributed by atoms with E-state index in [1.807, 2.05) is 12.1 Å². The fraction of sp³-hybridized carbons (Fsp3) is 0.429. The van der Waals surface area contributed by atoms with Crippen molar-refractivity contribution in [2.24, 2.45) is 0 Å². The van der Waals surface area contributed by atoms with Crippen molar-refractivity contribution in [1.29, 1.82) is 0 Å². The molecule has 108 valence electrons. The van der Waals surface area contributed by atoms with E-state index < -0.39 is 6.04 Å². The van der Waals surface area contributed by atoms with Crippen LogP contribution in [0.25, 0.3) is 0 Å². The SMILES string of the molecule is CNC(COc1ccc2c(c1)CCC(=O)N2)C(=O)OC. The molecular formula is C14H18N2O4. The van der Waals surface area contributed by atoms with Crippen LogP contribution in [-0.2, 0) is 20.7 Å². The maximum atomic E-state index is 11.4. The largest absolute Gasteiger partial charge is 0.491 e. The number of nitrogens with one attached hydrogen (secondary N) is 2. The Morgan fingerprint density at radius 3 is 2.95 bits per heavy atom. The molecule has 2 N–H and O–H groups in total. The second-order valence-corrected chi connectivity index (χ2v) is 4.54. The first kappa shape index (κ1) is 14.3. The molecule has 1 amide bonds. The second kappa shape index (κ2) is 6.38. The molecule has 0 saturated carbocycles. The summed E-state index contributed by atoms with van der Waals surface area (Å²) in [6, 6.07) is 4.97. The minimum absolute atomic E-state index is 0.0344. The van der Waals surface area contributed by atoms with E-state index in [-0.39, 0.29) is 18.5 Å². The van der Waals surface area contributed by atoms with E-state index in [0.29, 0.717) is 18.6 Å². The predicted octanol–water partition coefficient (Wildman–Crippen LogP) is 0.711. The van der Waals surface area contributed by atoms with Crippen LogP contribution < -0.4 is 15.4 Å². The van der Waals surface area contributed by atoms with E-state index in [9.17, 15) is 9.59 Å². The standard InChI is InChI=1S/C14H18N2O4/c1-15-12(14(18)19-2)8-20-10-4-5-11-9(7-10)3-6-13(17)16-11/h4-5,7,12,15H,3,6,8H2,1-2H3,(H,16,17). The van der Waals surface area contributed by atoms with Gasteiger partial charge in [-0.15, -0.1) is 0 Å². The molecule has 1 heterocycles. The first-order valence-corrected chi connectivity index (χ1v) is 6.44. The fourth-order valence-electron chi connectivity index (χ4n) is 2.04. The van der Waals surface area contributed by atoms with Crippen molar-refractivity contribution >= 4 is 17.6 Å². The Morgan fingerprint density at radius 1 is 1.45 bits per heavy atom. The predicted molar refractivity (Wildman–Crippen MR) is 73.8 cm³/mol. The molecule has 0 radical (unpaired) electrons. The third kappa shape index (κ3) is 3.27. The summed E-state index contributed by atoms with van der Waals surface area (Å²) in [4.78, 5) is 22.7. The Balaban J connectivity index is 2.00. The van der Waals surface area contributed by atoms with Gasteiger partial charge < -0.3 is 20.1 Å². The topological polar surface area (TPSA) is 76.7 Å². The lowest BCUT2D eigenvalue weighted by atomic mass is 10.0. The number of hydrogen-bond acceptors (Lipinski definition) is 5. The normalized spacial score (nSPS) is 15.0. The molecule has 0 spiro atoms. The zero-order valence-electron chi connectivity index (χ0n) is 11.6. The maximum absolute atomic E-state index is 11.4. The lowest BCUT2D eigenvalue weighted by Crippen LogP contribution is -2.40. The number of hydrogen-bond donors (Lipinski definition) is 2. The van der Waals surface area contributed by atoms with Crippen LogP contribution in [0.15, 0.2) is 18.2 Å². The van der Waals surface area contributed by atoms with Crippen molar-refractivity contribution in [2.45, 2.75) is 18.9 Å². The molecule has 1 aliphatic rings. The molecule has 6 nitrogen and oxygen atoms in total. The lowest BCUT2D eigenvalue weighted by Gasteiger charge is -2.19. The van der Waals surface area contributed by atoms with E-state index in [1.165, 1.54) is 7.11 Å². The van der Waals surface area contributed by atoms with Gasteiger partial charge in [0.05, 0.1) is 7.11 Å². The summed E-state index contributed by atoms with van der Waals surface area (Å²) in [7, 11) is 3.02. The molecule has 0 aliphatic carbocycles. The van der Waals surface area contributed by atoms with Crippen LogP contribution in [-0.4, -0.2) is 38.7 Å². The Kier molecular flexibility index (Phi) is 4.57. The first-order valence-electron chi connectivity index (χ1n) is 6.44. The van der Waals surface area contributed by atoms with Gasteiger partial charge in [0.15, 0.2) is 0 Å². The average molecular weight is 278 g/mol. The van der Waals surface area contributed by atoms with Crippen molar-refractivity contribution in [3.63, 3.8) is 0 Å². The van der Waals surface area contributed by atoms with E-state index in [1.54, 1.807) is 13.1 Å². The molecule has 0 bridgehead atoms. The zero-order chi connectivity index (χ0) is 14.5. The van der Waals surface area contributed by atoms with Crippen LogP contribution in [0.5, 0.6) is 5.75 Å². The highest BCUT2D eigenvalue weighted by molar-refractivity contribution is 5.94. The molecule has 6 heteroatoms. The molecular weight excluding hydrogens is 260 g/mol. The number of benzene rings is 1. The summed E-state index contributed by atoms with van der Waals surface area (Å²) in [5.41, 5.74) is 1.87. The van der Waals surface area contributed by atoms with Gasteiger partial charge in [-0.2, -0.15) is 0 Å². The number of rotatable bonds is 5. The number of esters is 1. The highest BCUT2D eigenvalue weighted by Crippen LogP contribution is 2.26. The summed E-state index contributed by atoms with van der Waals surface area (Å²) < 4.78 is 10.3. The van der Waals surface area contributed by atoms with E-state index in [0.717, 1.165) is 11.3 Å². The Hall–Kier alpha value is -2.08. The minimum Gasteiger partial charge on any atom is -0.491 e. The summed E-state index contributed by atoms with van der Waals surface area (Å²) >= 11 is 0. The number of anilines is 1. The molecule has 0 fully saturated rings. The first-order chi connectivity index (χ1) is 9.63. The molecule has 20 heavy (non-hydrogen) atoms. The quantitative estimate of drug-likeness (QED) is 0.776. The van der Waals surface area contributed by atoms with Gasteiger partial charge in [0.25, 0.3) is 0 Å². The van der Waals surface area contributed by atoms with Gasteiger partial charge in [-0.3, -0.25) is 9.59 Å². The summed E-state index contributed by atoms with van der Waals surface area (Å²) in [6.07, 6.45) is 1.18. The summed E-state index contributed by atoms with van der Waals surface area (Å²) in [6.45, 7) is 0.189. The van der Waals surface area contributed by atoms with Crippen LogP contribution in [0, 0.1) is 0 Å². The van der Waals surface area contributed by atoms with Crippen molar-refractivity contribution in [1.82, 2.24) is 5.32 Å². The Bertz CT molecular complexity index is 516. The maximum Gasteiger partial charge on any atom is 0.326 e. The highest BCUT2D eigenvalue weighted by Gasteiger charge is 2.19. The van der Waals surface area contributed by atoms with Gasteiger partial charge in [0.1, 0.15) is 18.4 Å². The molecule has 1 aromatic rings. The van der Waals surface area contributed by atoms with E-state index in [4.69, 9.17) is 4.74 Å². The smallest absolute Gasteiger partial charge is 0.326 e. The number of methoxy groups -OCH3 is 1. The van der Waals surface area contributed by atoms with Crippen LogP contribution in [0.4, 0.5) is 5.69 Å². The fourth-order valence-corrected chi connectivity index (χ4v) is 2.04.